The predicted molar refractivity (Wildman–Crippen MR) is 93.6 cm³/mol. The molecule has 24 heavy (non-hydrogen) atoms. The van der Waals surface area contributed by atoms with Crippen molar-refractivity contribution >= 4 is 34.2 Å². The first-order valence-electron chi connectivity index (χ1n) is 7.13. The summed E-state index contributed by atoms with van der Waals surface area (Å²) in [5, 5.41) is 14.2. The van der Waals surface area contributed by atoms with Crippen molar-refractivity contribution in [2.24, 2.45) is 0 Å². The Morgan fingerprint density at radius 3 is 2.54 bits per heavy atom. The molecule has 0 atom stereocenters. The second kappa shape index (κ2) is 5.98. The molecular weight excluding hydrogens is 330 g/mol. The van der Waals surface area contributed by atoms with Crippen LogP contribution in [0.1, 0.15) is 10.5 Å². The number of benzene rings is 2. The van der Waals surface area contributed by atoms with Crippen LogP contribution in [0.4, 0.5) is 5.69 Å². The molecule has 0 aliphatic rings. The Labute approximate surface area is 142 Å². The minimum atomic E-state index is -1.37. The quantitative estimate of drug-likeness (QED) is 0.791. The van der Waals surface area contributed by atoms with Gasteiger partial charge in [-0.15, -0.1) is 0 Å². The number of aromatic carboxylic acids is 1. The van der Waals surface area contributed by atoms with Gasteiger partial charge in [-0.2, -0.15) is 5.10 Å². The van der Waals surface area contributed by atoms with E-state index in [2.05, 4.69) is 5.10 Å². The molecule has 6 nitrogen and oxygen atoms in total. The largest absolute Gasteiger partial charge is 0.476 e. The average molecular weight is 344 g/mol. The Bertz CT molecular complexity index is 1010. The van der Waals surface area contributed by atoms with Gasteiger partial charge in [0.2, 0.25) is 11.1 Å². The van der Waals surface area contributed by atoms with E-state index in [1.165, 1.54) is 4.68 Å². The van der Waals surface area contributed by atoms with E-state index in [0.29, 0.717) is 27.3 Å². The van der Waals surface area contributed by atoms with Crippen molar-refractivity contribution in [2.75, 3.05) is 19.0 Å². The van der Waals surface area contributed by atoms with Crippen LogP contribution in [-0.2, 0) is 0 Å². The maximum atomic E-state index is 12.6. The van der Waals surface area contributed by atoms with E-state index < -0.39 is 17.1 Å². The zero-order chi connectivity index (χ0) is 17.4. The number of carbonyl (C=O) groups is 1. The highest BCUT2D eigenvalue weighted by molar-refractivity contribution is 6.30. The third-order valence-electron chi connectivity index (χ3n) is 3.63. The fourth-order valence-corrected chi connectivity index (χ4v) is 2.76. The van der Waals surface area contributed by atoms with Gasteiger partial charge in [-0.05, 0) is 30.3 Å². The van der Waals surface area contributed by atoms with Gasteiger partial charge in [-0.1, -0.05) is 23.7 Å². The van der Waals surface area contributed by atoms with E-state index >= 15 is 0 Å². The van der Waals surface area contributed by atoms with Crippen LogP contribution in [0.15, 0.2) is 47.3 Å². The lowest BCUT2D eigenvalue weighted by molar-refractivity contribution is 0.0687. The fraction of sp³-hybridized carbons (Fsp3) is 0.118. The molecule has 0 saturated carbocycles. The number of halogens is 1. The highest BCUT2D eigenvalue weighted by Crippen LogP contribution is 2.25. The molecule has 0 aliphatic carbocycles. The van der Waals surface area contributed by atoms with Gasteiger partial charge in [-0.3, -0.25) is 4.79 Å². The smallest absolute Gasteiger partial charge is 0.360 e. The summed E-state index contributed by atoms with van der Waals surface area (Å²) in [4.78, 5) is 25.9. The molecule has 0 radical (unpaired) electrons. The Hall–Kier alpha value is -2.86. The third-order valence-corrected chi connectivity index (χ3v) is 3.86. The zero-order valence-corrected chi connectivity index (χ0v) is 13.8. The van der Waals surface area contributed by atoms with Gasteiger partial charge < -0.3 is 10.0 Å². The molecule has 1 N–H and O–H groups in total. The SMILES string of the molecule is CN(C)c1cccc2c1c(=O)c(C(=O)O)nn2-c1cccc(Cl)c1. The first kappa shape index (κ1) is 16.0. The number of anilines is 1. The number of carboxylic acid groups (broad SMARTS) is 1. The topological polar surface area (TPSA) is 75.4 Å². The number of rotatable bonds is 3. The summed E-state index contributed by atoms with van der Waals surface area (Å²) >= 11 is 6.03. The number of aromatic nitrogens is 2. The average Bonchev–Trinajstić information content (AvgIpc) is 2.54. The van der Waals surface area contributed by atoms with Crippen molar-refractivity contribution in [1.82, 2.24) is 9.78 Å². The lowest BCUT2D eigenvalue weighted by Gasteiger charge is -2.17. The van der Waals surface area contributed by atoms with Crippen molar-refractivity contribution < 1.29 is 9.90 Å². The summed E-state index contributed by atoms with van der Waals surface area (Å²) in [5.74, 6) is -1.37. The van der Waals surface area contributed by atoms with Crippen molar-refractivity contribution in [3.05, 3.63) is 63.4 Å². The van der Waals surface area contributed by atoms with Crippen molar-refractivity contribution in [1.29, 1.82) is 0 Å². The lowest BCUT2D eigenvalue weighted by atomic mass is 10.1. The molecule has 3 aromatic rings. The molecule has 7 heteroatoms. The number of carboxylic acids is 1. The van der Waals surface area contributed by atoms with Gasteiger partial charge in [-0.25, -0.2) is 9.48 Å². The van der Waals surface area contributed by atoms with Gasteiger partial charge in [0.15, 0.2) is 0 Å². The molecule has 3 rings (SSSR count). The first-order chi connectivity index (χ1) is 11.4. The van der Waals surface area contributed by atoms with Gasteiger partial charge in [0.25, 0.3) is 0 Å². The van der Waals surface area contributed by atoms with Crippen LogP contribution in [0, 0.1) is 0 Å². The predicted octanol–water partition coefficient (Wildman–Crippen LogP) is 2.80. The maximum absolute atomic E-state index is 12.6. The molecule has 1 heterocycles. The van der Waals surface area contributed by atoms with E-state index in [0.717, 1.165) is 0 Å². The second-order valence-electron chi connectivity index (χ2n) is 5.44. The zero-order valence-electron chi connectivity index (χ0n) is 13.0. The van der Waals surface area contributed by atoms with Gasteiger partial charge >= 0.3 is 5.97 Å². The van der Waals surface area contributed by atoms with Gasteiger partial charge in [0, 0.05) is 24.8 Å². The molecule has 0 unspecified atom stereocenters. The number of nitrogens with zero attached hydrogens (tertiary/aromatic N) is 3. The van der Waals surface area contributed by atoms with Crippen molar-refractivity contribution in [3.63, 3.8) is 0 Å². The molecule has 0 spiro atoms. The Morgan fingerprint density at radius 1 is 1.21 bits per heavy atom. The minimum Gasteiger partial charge on any atom is -0.476 e. The van der Waals surface area contributed by atoms with Crippen LogP contribution >= 0.6 is 11.6 Å². The standard InChI is InChI=1S/C17H14ClN3O3/c1-20(2)12-7-4-8-13-14(12)16(22)15(17(23)24)19-21(13)11-6-3-5-10(18)9-11/h3-9H,1-2H3,(H,23,24). The number of hydrogen-bond donors (Lipinski definition) is 1. The Kier molecular flexibility index (Phi) is 3.99. The summed E-state index contributed by atoms with van der Waals surface area (Å²) in [7, 11) is 3.58. The molecule has 0 amide bonds. The summed E-state index contributed by atoms with van der Waals surface area (Å²) in [6, 6.07) is 12.1. The minimum absolute atomic E-state index is 0.301. The summed E-state index contributed by atoms with van der Waals surface area (Å²) in [5.41, 5.74) is 0.569. The second-order valence-corrected chi connectivity index (χ2v) is 5.88. The highest BCUT2D eigenvalue weighted by atomic mass is 35.5. The number of hydrogen-bond acceptors (Lipinski definition) is 4. The normalized spacial score (nSPS) is 10.8. The highest BCUT2D eigenvalue weighted by Gasteiger charge is 2.20. The summed E-state index contributed by atoms with van der Waals surface area (Å²) in [6.45, 7) is 0. The Morgan fingerprint density at radius 2 is 1.92 bits per heavy atom. The fourth-order valence-electron chi connectivity index (χ4n) is 2.57. The van der Waals surface area contributed by atoms with Crippen molar-refractivity contribution in [2.45, 2.75) is 0 Å². The first-order valence-corrected chi connectivity index (χ1v) is 7.50. The molecular formula is C17H14ClN3O3. The molecule has 0 bridgehead atoms. The van der Waals surface area contributed by atoms with Gasteiger partial charge in [0.1, 0.15) is 0 Å². The molecule has 2 aromatic carbocycles. The van der Waals surface area contributed by atoms with Crippen molar-refractivity contribution in [3.8, 4) is 5.69 Å². The van der Waals surface area contributed by atoms with Crippen LogP contribution in [0.25, 0.3) is 16.6 Å². The molecule has 0 aliphatic heterocycles. The lowest BCUT2D eigenvalue weighted by Crippen LogP contribution is -2.24. The van der Waals surface area contributed by atoms with E-state index in [1.807, 2.05) is 0 Å². The Balaban J connectivity index is 2.50. The monoisotopic (exact) mass is 343 g/mol. The maximum Gasteiger partial charge on any atom is 0.360 e. The summed E-state index contributed by atoms with van der Waals surface area (Å²) < 4.78 is 1.43. The number of fused-ring (bicyclic) bond motifs is 1. The van der Waals surface area contributed by atoms with Crippen LogP contribution in [0.5, 0.6) is 0 Å². The molecule has 122 valence electrons. The molecule has 1 aromatic heterocycles. The van der Waals surface area contributed by atoms with E-state index in [4.69, 9.17) is 11.6 Å². The van der Waals surface area contributed by atoms with E-state index in [9.17, 15) is 14.7 Å². The van der Waals surface area contributed by atoms with Crippen LogP contribution in [-0.4, -0.2) is 35.0 Å². The third kappa shape index (κ3) is 2.61. The molecule has 0 saturated heterocycles. The molecule has 0 fully saturated rings. The van der Waals surface area contributed by atoms with E-state index in [-0.39, 0.29) is 0 Å². The van der Waals surface area contributed by atoms with E-state index in [1.54, 1.807) is 61.5 Å². The van der Waals surface area contributed by atoms with Gasteiger partial charge in [0.05, 0.1) is 16.6 Å². The van der Waals surface area contributed by atoms with Crippen LogP contribution in [0.2, 0.25) is 5.02 Å². The van der Waals surface area contributed by atoms with Crippen LogP contribution in [0.3, 0.4) is 0 Å². The van der Waals surface area contributed by atoms with Crippen LogP contribution < -0.4 is 10.3 Å². The summed E-state index contributed by atoms with van der Waals surface area (Å²) in [6.07, 6.45) is 0.